The number of amides is 2. The van der Waals surface area contributed by atoms with Crippen LogP contribution in [0.5, 0.6) is 5.75 Å². The predicted molar refractivity (Wildman–Crippen MR) is 142 cm³/mol. The lowest BCUT2D eigenvalue weighted by atomic mass is 9.97. The molecule has 2 N–H and O–H groups in total. The number of ether oxygens (including phenoxy) is 2. The maximum atomic E-state index is 13.3. The lowest BCUT2D eigenvalue weighted by Gasteiger charge is -2.33. The van der Waals surface area contributed by atoms with Gasteiger partial charge >= 0.3 is 0 Å². The highest BCUT2D eigenvalue weighted by atomic mass is 35.5. The van der Waals surface area contributed by atoms with Gasteiger partial charge in [-0.3, -0.25) is 14.5 Å². The van der Waals surface area contributed by atoms with Crippen molar-refractivity contribution >= 4 is 34.8 Å². The van der Waals surface area contributed by atoms with Crippen LogP contribution in [-0.4, -0.2) is 75.8 Å². The second-order valence-electron chi connectivity index (χ2n) is 9.40. The van der Waals surface area contributed by atoms with E-state index in [4.69, 9.17) is 21.1 Å². The molecule has 2 aromatic rings. The molecule has 194 valence electrons. The Hall–Kier alpha value is -2.81. The minimum absolute atomic E-state index is 0.134. The molecule has 0 radical (unpaired) electrons. The Morgan fingerprint density at radius 2 is 1.78 bits per heavy atom. The summed E-state index contributed by atoms with van der Waals surface area (Å²) in [7, 11) is 0. The van der Waals surface area contributed by atoms with E-state index in [0.29, 0.717) is 34.5 Å². The molecule has 4 rings (SSSR count). The maximum absolute atomic E-state index is 13.3. The van der Waals surface area contributed by atoms with Crippen molar-refractivity contribution in [2.45, 2.75) is 19.8 Å². The third kappa shape index (κ3) is 7.59. The molecule has 2 aliphatic rings. The number of benzene rings is 2. The van der Waals surface area contributed by atoms with E-state index >= 15 is 0 Å². The molecule has 36 heavy (non-hydrogen) atoms. The van der Waals surface area contributed by atoms with Gasteiger partial charge in [0.05, 0.1) is 18.8 Å². The van der Waals surface area contributed by atoms with Crippen LogP contribution in [0, 0.1) is 5.92 Å². The van der Waals surface area contributed by atoms with Crippen LogP contribution in [0.25, 0.3) is 0 Å². The fourth-order valence-electron chi connectivity index (χ4n) is 4.45. The molecule has 2 heterocycles. The van der Waals surface area contributed by atoms with E-state index in [1.165, 1.54) is 0 Å². The van der Waals surface area contributed by atoms with E-state index in [1.807, 2.05) is 12.1 Å². The highest BCUT2D eigenvalue weighted by Gasteiger charge is 2.22. The number of halogens is 1. The Kier molecular flexibility index (Phi) is 9.44. The molecule has 9 heteroatoms. The number of hydrogen-bond donors (Lipinski definition) is 2. The Bertz CT molecular complexity index is 1020. The summed E-state index contributed by atoms with van der Waals surface area (Å²) in [5, 5.41) is 6.53. The fourth-order valence-corrected chi connectivity index (χ4v) is 4.57. The average molecular weight is 515 g/mol. The van der Waals surface area contributed by atoms with Crippen molar-refractivity contribution < 1.29 is 19.1 Å². The number of anilines is 2. The summed E-state index contributed by atoms with van der Waals surface area (Å²) in [5.74, 6) is 0.810. The van der Waals surface area contributed by atoms with Gasteiger partial charge in [-0.25, -0.2) is 0 Å². The summed E-state index contributed by atoms with van der Waals surface area (Å²) in [6, 6.07) is 12.4. The first kappa shape index (κ1) is 26.3. The van der Waals surface area contributed by atoms with Crippen LogP contribution in [0.15, 0.2) is 42.5 Å². The Labute approximate surface area is 217 Å². The van der Waals surface area contributed by atoms with Crippen LogP contribution in [0.3, 0.4) is 0 Å². The van der Waals surface area contributed by atoms with E-state index in [2.05, 4.69) is 27.4 Å². The number of morpholine rings is 1. The van der Waals surface area contributed by atoms with Crippen LogP contribution in [0.2, 0.25) is 5.02 Å². The SMILES string of the molecule is CC1CCN(c2ccc(NC(=O)COc3ccc(Cl)cc3)cc2C(=O)NCCN2CCOCC2)CC1. The molecule has 2 aliphatic heterocycles. The lowest BCUT2D eigenvalue weighted by Crippen LogP contribution is -2.41. The second-order valence-corrected chi connectivity index (χ2v) is 9.84. The molecule has 0 aromatic heterocycles. The minimum atomic E-state index is -0.303. The molecule has 2 amide bonds. The first-order valence-corrected chi connectivity index (χ1v) is 13.0. The fraction of sp³-hybridized carbons (Fsp3) is 0.481. The Morgan fingerprint density at radius 3 is 2.50 bits per heavy atom. The third-order valence-electron chi connectivity index (χ3n) is 6.65. The zero-order chi connectivity index (χ0) is 25.3. The monoisotopic (exact) mass is 514 g/mol. The number of hydrogen-bond acceptors (Lipinski definition) is 6. The first-order valence-electron chi connectivity index (χ1n) is 12.6. The topological polar surface area (TPSA) is 83.1 Å². The molecular weight excluding hydrogens is 480 g/mol. The van der Waals surface area contributed by atoms with Gasteiger partial charge in [-0.1, -0.05) is 18.5 Å². The molecule has 0 aliphatic carbocycles. The smallest absolute Gasteiger partial charge is 0.262 e. The summed E-state index contributed by atoms with van der Waals surface area (Å²) in [5.41, 5.74) is 2.04. The van der Waals surface area contributed by atoms with Crippen molar-refractivity contribution in [2.75, 3.05) is 69.3 Å². The zero-order valence-electron chi connectivity index (χ0n) is 20.8. The number of rotatable bonds is 9. The molecule has 0 atom stereocenters. The molecule has 8 nitrogen and oxygen atoms in total. The number of nitrogens with one attached hydrogen (secondary N) is 2. The van der Waals surface area contributed by atoms with Crippen molar-refractivity contribution in [3.63, 3.8) is 0 Å². The average Bonchev–Trinajstić information content (AvgIpc) is 2.89. The standard InChI is InChI=1S/C27H35ClN4O4/c1-20-8-11-32(12-9-20)25-7-4-22(30-26(33)19-36-23-5-2-21(28)3-6-23)18-24(25)27(34)29-10-13-31-14-16-35-17-15-31/h2-7,18,20H,8-17,19H2,1H3,(H,29,34)(H,30,33). The van der Waals surface area contributed by atoms with Crippen molar-refractivity contribution in [1.82, 2.24) is 10.2 Å². The third-order valence-corrected chi connectivity index (χ3v) is 6.90. The summed E-state index contributed by atoms with van der Waals surface area (Å²) < 4.78 is 10.9. The van der Waals surface area contributed by atoms with Gasteiger partial charge in [-0.05, 0) is 61.2 Å². The first-order chi connectivity index (χ1) is 17.5. The van der Waals surface area contributed by atoms with Crippen LogP contribution in [0.1, 0.15) is 30.1 Å². The van der Waals surface area contributed by atoms with Crippen molar-refractivity contribution in [3.05, 3.63) is 53.1 Å². The largest absolute Gasteiger partial charge is 0.484 e. The molecule has 0 saturated carbocycles. The second kappa shape index (κ2) is 12.9. The number of carbonyl (C=O) groups excluding carboxylic acids is 2. The van der Waals surface area contributed by atoms with Crippen molar-refractivity contribution in [3.8, 4) is 5.75 Å². The Morgan fingerprint density at radius 1 is 1.06 bits per heavy atom. The summed E-state index contributed by atoms with van der Waals surface area (Å²) in [6.07, 6.45) is 2.19. The molecule has 2 aromatic carbocycles. The number of carbonyl (C=O) groups is 2. The minimum Gasteiger partial charge on any atom is -0.484 e. The zero-order valence-corrected chi connectivity index (χ0v) is 21.6. The molecule has 0 unspecified atom stereocenters. The van der Waals surface area contributed by atoms with Crippen LogP contribution in [0.4, 0.5) is 11.4 Å². The van der Waals surface area contributed by atoms with Gasteiger partial charge in [0, 0.05) is 55.7 Å². The van der Waals surface area contributed by atoms with Crippen LogP contribution in [-0.2, 0) is 9.53 Å². The highest BCUT2D eigenvalue weighted by Crippen LogP contribution is 2.29. The summed E-state index contributed by atoms with van der Waals surface area (Å²) in [6.45, 7) is 8.51. The molecular formula is C27H35ClN4O4. The molecule has 0 spiro atoms. The highest BCUT2D eigenvalue weighted by molar-refractivity contribution is 6.30. The summed E-state index contributed by atoms with van der Waals surface area (Å²) in [4.78, 5) is 30.3. The van der Waals surface area contributed by atoms with Gasteiger partial charge in [0.1, 0.15) is 5.75 Å². The normalized spacial score (nSPS) is 17.0. The number of nitrogens with zero attached hydrogens (tertiary/aromatic N) is 2. The lowest BCUT2D eigenvalue weighted by molar-refractivity contribution is -0.118. The van der Waals surface area contributed by atoms with Crippen LogP contribution < -0.4 is 20.3 Å². The van der Waals surface area contributed by atoms with E-state index < -0.39 is 0 Å². The Balaban J connectivity index is 1.40. The number of piperidine rings is 1. The molecule has 2 saturated heterocycles. The molecule has 2 fully saturated rings. The quantitative estimate of drug-likeness (QED) is 0.531. The van der Waals surface area contributed by atoms with Gasteiger partial charge < -0.3 is 25.0 Å². The van der Waals surface area contributed by atoms with Crippen molar-refractivity contribution in [2.24, 2.45) is 5.92 Å². The van der Waals surface area contributed by atoms with Gasteiger partial charge in [0.15, 0.2) is 6.61 Å². The van der Waals surface area contributed by atoms with E-state index in [1.54, 1.807) is 30.3 Å². The van der Waals surface area contributed by atoms with Gasteiger partial charge in [0.25, 0.3) is 11.8 Å². The summed E-state index contributed by atoms with van der Waals surface area (Å²) >= 11 is 5.89. The van der Waals surface area contributed by atoms with Crippen molar-refractivity contribution in [1.29, 1.82) is 0 Å². The van der Waals surface area contributed by atoms with E-state index in [9.17, 15) is 9.59 Å². The molecule has 0 bridgehead atoms. The van der Waals surface area contributed by atoms with Gasteiger partial charge in [0.2, 0.25) is 0 Å². The van der Waals surface area contributed by atoms with Gasteiger partial charge in [-0.15, -0.1) is 0 Å². The van der Waals surface area contributed by atoms with Gasteiger partial charge in [-0.2, -0.15) is 0 Å². The van der Waals surface area contributed by atoms with E-state index in [0.717, 1.165) is 64.5 Å². The maximum Gasteiger partial charge on any atom is 0.262 e. The van der Waals surface area contributed by atoms with E-state index in [-0.39, 0.29) is 18.4 Å². The predicted octanol–water partition coefficient (Wildman–Crippen LogP) is 3.66. The van der Waals surface area contributed by atoms with Crippen LogP contribution >= 0.6 is 11.6 Å².